The number of nitriles is 1. The maximum Gasteiger partial charge on any atom is 0.267 e. The van der Waals surface area contributed by atoms with Gasteiger partial charge in [0, 0.05) is 24.2 Å². The van der Waals surface area contributed by atoms with Crippen LogP contribution in [0.15, 0.2) is 36.5 Å². The van der Waals surface area contributed by atoms with Gasteiger partial charge in [-0.3, -0.25) is 9.59 Å². The number of H-pyrrole nitrogens is 1. The number of nitrogens with one attached hydrogen (secondary N) is 2. The van der Waals surface area contributed by atoms with Crippen molar-refractivity contribution in [3.63, 3.8) is 0 Å². The summed E-state index contributed by atoms with van der Waals surface area (Å²) in [7, 11) is 0. The van der Waals surface area contributed by atoms with Crippen LogP contribution in [-0.4, -0.2) is 23.2 Å². The summed E-state index contributed by atoms with van der Waals surface area (Å²) in [5, 5.41) is 11.6. The van der Waals surface area contributed by atoms with Gasteiger partial charge in [0.1, 0.15) is 5.69 Å². The molecule has 1 aromatic carbocycles. The van der Waals surface area contributed by atoms with E-state index in [0.29, 0.717) is 29.8 Å². The molecule has 0 atom stereocenters. The van der Waals surface area contributed by atoms with E-state index in [1.807, 2.05) is 12.1 Å². The number of hydrogen-bond acceptors (Lipinski definition) is 3. The minimum atomic E-state index is -0.214. The molecule has 0 unspecified atom stereocenters. The number of Topliss-reactive ketones (excluding diaryl/α,β-unsaturated/α-hetero) is 1. The first kappa shape index (κ1) is 15.0. The minimum Gasteiger partial charge on any atom is -0.356 e. The number of carbonyl (C=O) groups is 2. The van der Waals surface area contributed by atoms with E-state index in [2.05, 4.69) is 16.4 Å². The second kappa shape index (κ2) is 6.49. The van der Waals surface area contributed by atoms with E-state index in [4.69, 9.17) is 5.26 Å². The Kier molecular flexibility index (Phi) is 4.24. The van der Waals surface area contributed by atoms with Crippen LogP contribution < -0.4 is 5.32 Å². The molecular formula is C18H17N3O2. The number of carbonyl (C=O) groups excluding carboxylic acids is 2. The Labute approximate surface area is 134 Å². The maximum absolute atomic E-state index is 12.1. The van der Waals surface area contributed by atoms with E-state index in [-0.39, 0.29) is 17.6 Å². The van der Waals surface area contributed by atoms with Crippen molar-refractivity contribution in [1.82, 2.24) is 10.3 Å². The summed E-state index contributed by atoms with van der Waals surface area (Å²) in [5.74, 6) is 0.0597. The van der Waals surface area contributed by atoms with Gasteiger partial charge in [0.15, 0.2) is 5.78 Å². The zero-order chi connectivity index (χ0) is 16.2. The predicted molar refractivity (Wildman–Crippen MR) is 85.0 cm³/mol. The van der Waals surface area contributed by atoms with E-state index in [9.17, 15) is 9.59 Å². The Bertz CT molecular complexity index is 764. The van der Waals surface area contributed by atoms with Gasteiger partial charge in [-0.1, -0.05) is 12.1 Å². The first-order valence-corrected chi connectivity index (χ1v) is 7.67. The normalized spacial score (nSPS) is 13.3. The Morgan fingerprint density at radius 3 is 2.65 bits per heavy atom. The number of ketones is 1. The first-order valence-electron chi connectivity index (χ1n) is 7.67. The van der Waals surface area contributed by atoms with Gasteiger partial charge in [0.25, 0.3) is 5.91 Å². The number of rotatable bonds is 6. The number of hydrogen-bond donors (Lipinski definition) is 2. The summed E-state index contributed by atoms with van der Waals surface area (Å²) in [6, 6.07) is 11.0. The van der Waals surface area contributed by atoms with Crippen LogP contribution in [0.5, 0.6) is 0 Å². The van der Waals surface area contributed by atoms with E-state index in [1.165, 1.54) is 0 Å². The lowest BCUT2D eigenvalue weighted by molar-refractivity contribution is 0.0949. The molecule has 23 heavy (non-hydrogen) atoms. The molecule has 1 heterocycles. The fourth-order valence-electron chi connectivity index (χ4n) is 2.41. The number of aromatic nitrogens is 1. The van der Waals surface area contributed by atoms with Crippen molar-refractivity contribution in [1.29, 1.82) is 5.26 Å². The highest BCUT2D eigenvalue weighted by molar-refractivity contribution is 6.02. The number of nitrogens with zero attached hydrogens (tertiary/aromatic N) is 1. The third-order valence-corrected chi connectivity index (χ3v) is 3.94. The van der Waals surface area contributed by atoms with Crippen molar-refractivity contribution >= 4 is 11.7 Å². The zero-order valence-corrected chi connectivity index (χ0v) is 12.6. The lowest BCUT2D eigenvalue weighted by atomic mass is 10.1. The fraction of sp³-hybridized carbons (Fsp3) is 0.278. The third-order valence-electron chi connectivity index (χ3n) is 3.94. The fourth-order valence-corrected chi connectivity index (χ4v) is 2.41. The van der Waals surface area contributed by atoms with Crippen LogP contribution in [0.1, 0.15) is 44.8 Å². The van der Waals surface area contributed by atoms with Gasteiger partial charge in [-0.25, -0.2) is 0 Å². The minimum absolute atomic E-state index is 0.123. The van der Waals surface area contributed by atoms with Crippen LogP contribution in [0.2, 0.25) is 0 Å². The highest BCUT2D eigenvalue weighted by Gasteiger charge is 2.31. The number of benzene rings is 1. The van der Waals surface area contributed by atoms with Crippen molar-refractivity contribution in [2.75, 3.05) is 6.54 Å². The molecule has 0 radical (unpaired) electrons. The van der Waals surface area contributed by atoms with Crippen molar-refractivity contribution in [3.8, 4) is 6.07 Å². The van der Waals surface area contributed by atoms with Gasteiger partial charge >= 0.3 is 0 Å². The Balaban J connectivity index is 1.51. The monoisotopic (exact) mass is 307 g/mol. The number of amides is 1. The predicted octanol–water partition coefficient (Wildman–Crippen LogP) is 2.45. The molecule has 1 aliphatic carbocycles. The molecule has 0 aliphatic heterocycles. The van der Waals surface area contributed by atoms with Crippen molar-refractivity contribution < 1.29 is 9.59 Å². The lowest BCUT2D eigenvalue weighted by Gasteiger charge is -2.04. The molecule has 5 heteroatoms. The van der Waals surface area contributed by atoms with E-state index < -0.39 is 0 Å². The summed E-state index contributed by atoms with van der Waals surface area (Å²) < 4.78 is 0. The molecule has 1 aliphatic rings. The van der Waals surface area contributed by atoms with Crippen LogP contribution in [0.4, 0.5) is 0 Å². The molecule has 5 nitrogen and oxygen atoms in total. The first-order chi connectivity index (χ1) is 11.2. The molecule has 3 rings (SSSR count). The highest BCUT2D eigenvalue weighted by atomic mass is 16.2. The standard InChI is InChI=1S/C18H17N3O2/c19-10-13-3-1-12(2-4-13)7-8-20-18(23)16-9-15(11-21-16)17(22)14-5-6-14/h1-4,9,11,14,21H,5-8H2,(H,20,23). The van der Waals surface area contributed by atoms with Crippen LogP contribution in [0.3, 0.4) is 0 Å². The second-order valence-corrected chi connectivity index (χ2v) is 5.76. The Hall–Kier alpha value is -2.87. The van der Waals surface area contributed by atoms with Crippen LogP contribution in [0.25, 0.3) is 0 Å². The van der Waals surface area contributed by atoms with Gasteiger partial charge in [-0.05, 0) is 43.0 Å². The summed E-state index contributed by atoms with van der Waals surface area (Å²) >= 11 is 0. The van der Waals surface area contributed by atoms with E-state index in [0.717, 1.165) is 18.4 Å². The molecule has 1 aromatic heterocycles. The average molecular weight is 307 g/mol. The number of aromatic amines is 1. The Morgan fingerprint density at radius 1 is 1.26 bits per heavy atom. The van der Waals surface area contributed by atoms with E-state index >= 15 is 0 Å². The molecule has 0 spiro atoms. The molecule has 116 valence electrons. The summed E-state index contributed by atoms with van der Waals surface area (Å²) in [6.45, 7) is 0.496. The SMILES string of the molecule is N#Cc1ccc(CCNC(=O)c2cc(C(=O)C3CC3)c[nH]2)cc1. The zero-order valence-electron chi connectivity index (χ0n) is 12.6. The largest absolute Gasteiger partial charge is 0.356 e. The maximum atomic E-state index is 12.1. The van der Waals surface area contributed by atoms with Crippen molar-refractivity contribution in [2.45, 2.75) is 19.3 Å². The molecule has 1 fully saturated rings. The molecular weight excluding hydrogens is 290 g/mol. The van der Waals surface area contributed by atoms with E-state index in [1.54, 1.807) is 24.4 Å². The van der Waals surface area contributed by atoms with Gasteiger partial charge in [0.05, 0.1) is 11.6 Å². The molecule has 2 N–H and O–H groups in total. The third kappa shape index (κ3) is 3.67. The molecule has 0 saturated heterocycles. The summed E-state index contributed by atoms with van der Waals surface area (Å²) in [5.41, 5.74) is 2.68. The molecule has 1 saturated carbocycles. The summed E-state index contributed by atoms with van der Waals surface area (Å²) in [6.07, 6.45) is 4.20. The smallest absolute Gasteiger partial charge is 0.267 e. The molecule has 1 amide bonds. The van der Waals surface area contributed by atoms with Crippen molar-refractivity contribution in [3.05, 3.63) is 58.9 Å². The quantitative estimate of drug-likeness (QED) is 0.804. The van der Waals surface area contributed by atoms with Gasteiger partial charge < -0.3 is 10.3 Å². The van der Waals surface area contributed by atoms with Gasteiger partial charge in [-0.15, -0.1) is 0 Å². The molecule has 0 bridgehead atoms. The topological polar surface area (TPSA) is 85.8 Å². The average Bonchev–Trinajstić information content (AvgIpc) is 3.31. The highest BCUT2D eigenvalue weighted by Crippen LogP contribution is 2.32. The van der Waals surface area contributed by atoms with Gasteiger partial charge in [-0.2, -0.15) is 5.26 Å². The van der Waals surface area contributed by atoms with Crippen LogP contribution in [-0.2, 0) is 6.42 Å². The lowest BCUT2D eigenvalue weighted by Crippen LogP contribution is -2.25. The second-order valence-electron chi connectivity index (χ2n) is 5.76. The Morgan fingerprint density at radius 2 is 2.00 bits per heavy atom. The summed E-state index contributed by atoms with van der Waals surface area (Å²) in [4.78, 5) is 26.8. The van der Waals surface area contributed by atoms with Crippen LogP contribution in [0, 0.1) is 17.2 Å². The van der Waals surface area contributed by atoms with Crippen LogP contribution >= 0.6 is 0 Å². The molecule has 2 aromatic rings. The van der Waals surface area contributed by atoms with Gasteiger partial charge in [0.2, 0.25) is 0 Å². The van der Waals surface area contributed by atoms with Crippen molar-refractivity contribution in [2.24, 2.45) is 5.92 Å².